The lowest BCUT2D eigenvalue weighted by atomic mass is 9.88. The summed E-state index contributed by atoms with van der Waals surface area (Å²) in [5.74, 6) is 1.68. The molecule has 0 aromatic heterocycles. The van der Waals surface area contributed by atoms with Crippen LogP contribution in [0.5, 0.6) is 11.5 Å². The van der Waals surface area contributed by atoms with E-state index in [1.165, 1.54) is 0 Å². The summed E-state index contributed by atoms with van der Waals surface area (Å²) in [5, 5.41) is 3.18. The maximum Gasteiger partial charge on any atom is 0.221 e. The van der Waals surface area contributed by atoms with Gasteiger partial charge in [-0.15, -0.1) is 0 Å². The van der Waals surface area contributed by atoms with Crippen LogP contribution in [0.15, 0.2) is 78.9 Å². The standard InChI is InChI=1S/C27H31NO3/c1-20(14-15-23-16-17-24(30-2)18-26(23)31-3)28-27(29)19-25(21-10-6-4-7-11-21)22-12-8-5-9-13-22/h4-13,16-18,20,25H,14-15,19H2,1-3H3,(H,28,29)/t20-/m0/s1. The molecule has 0 heterocycles. The lowest BCUT2D eigenvalue weighted by molar-refractivity contribution is -0.121. The van der Waals surface area contributed by atoms with Crippen LogP contribution in [0.4, 0.5) is 0 Å². The van der Waals surface area contributed by atoms with Crippen molar-refractivity contribution in [2.45, 2.75) is 38.1 Å². The molecule has 3 rings (SSSR count). The second kappa shape index (κ2) is 11.2. The van der Waals surface area contributed by atoms with E-state index >= 15 is 0 Å². The number of methoxy groups -OCH3 is 2. The Morgan fingerprint density at radius 3 is 2.03 bits per heavy atom. The van der Waals surface area contributed by atoms with Gasteiger partial charge in [0.05, 0.1) is 14.2 Å². The molecular weight excluding hydrogens is 386 g/mol. The Kier molecular flexibility index (Phi) is 8.11. The van der Waals surface area contributed by atoms with Crippen LogP contribution in [-0.2, 0) is 11.2 Å². The molecule has 0 aliphatic carbocycles. The van der Waals surface area contributed by atoms with Gasteiger partial charge in [-0.2, -0.15) is 0 Å². The number of nitrogens with one attached hydrogen (secondary N) is 1. The summed E-state index contributed by atoms with van der Waals surface area (Å²) in [6, 6.07) is 26.4. The Labute approximate surface area is 185 Å². The Hall–Kier alpha value is -3.27. The number of hydrogen-bond donors (Lipinski definition) is 1. The quantitative estimate of drug-likeness (QED) is 0.483. The third-order valence-corrected chi connectivity index (χ3v) is 5.54. The van der Waals surface area contributed by atoms with Gasteiger partial charge in [0, 0.05) is 24.4 Å². The number of carbonyl (C=O) groups excluding carboxylic acids is 1. The predicted octanol–water partition coefficient (Wildman–Crippen LogP) is 5.36. The van der Waals surface area contributed by atoms with Gasteiger partial charge in [0.25, 0.3) is 0 Å². The molecule has 0 saturated carbocycles. The molecule has 1 amide bonds. The molecule has 0 fully saturated rings. The number of hydrogen-bond acceptors (Lipinski definition) is 3. The molecule has 0 aliphatic rings. The Balaban J connectivity index is 1.61. The van der Waals surface area contributed by atoms with E-state index in [9.17, 15) is 4.79 Å². The molecule has 0 bridgehead atoms. The third-order valence-electron chi connectivity index (χ3n) is 5.54. The molecule has 31 heavy (non-hydrogen) atoms. The third kappa shape index (κ3) is 6.35. The van der Waals surface area contributed by atoms with Gasteiger partial charge in [0.1, 0.15) is 11.5 Å². The lowest BCUT2D eigenvalue weighted by Gasteiger charge is -2.20. The normalized spacial score (nSPS) is 11.7. The van der Waals surface area contributed by atoms with Crippen LogP contribution < -0.4 is 14.8 Å². The van der Waals surface area contributed by atoms with Crippen LogP contribution in [0.1, 0.15) is 42.4 Å². The van der Waals surface area contributed by atoms with Gasteiger partial charge in [-0.3, -0.25) is 4.79 Å². The fourth-order valence-electron chi connectivity index (χ4n) is 3.82. The summed E-state index contributed by atoms with van der Waals surface area (Å²) in [6.45, 7) is 2.05. The van der Waals surface area contributed by atoms with Crippen LogP contribution in [0.25, 0.3) is 0 Å². The first-order valence-electron chi connectivity index (χ1n) is 10.7. The van der Waals surface area contributed by atoms with E-state index in [-0.39, 0.29) is 17.9 Å². The first-order chi connectivity index (χ1) is 15.1. The Morgan fingerprint density at radius 1 is 0.871 bits per heavy atom. The molecule has 162 valence electrons. The van der Waals surface area contributed by atoms with E-state index in [1.54, 1.807) is 14.2 Å². The number of amides is 1. The van der Waals surface area contributed by atoms with E-state index < -0.39 is 0 Å². The monoisotopic (exact) mass is 417 g/mol. The molecule has 1 N–H and O–H groups in total. The number of aryl methyl sites for hydroxylation is 1. The second-order valence-electron chi connectivity index (χ2n) is 7.76. The molecule has 0 spiro atoms. The van der Waals surface area contributed by atoms with Crippen molar-refractivity contribution in [2.75, 3.05) is 14.2 Å². The van der Waals surface area contributed by atoms with E-state index in [1.807, 2.05) is 61.5 Å². The molecule has 0 aliphatic heterocycles. The number of benzene rings is 3. The first kappa shape index (κ1) is 22.4. The van der Waals surface area contributed by atoms with Crippen molar-refractivity contribution in [3.05, 3.63) is 95.6 Å². The molecule has 3 aromatic rings. The zero-order valence-corrected chi connectivity index (χ0v) is 18.5. The van der Waals surface area contributed by atoms with Crippen LogP contribution in [0.2, 0.25) is 0 Å². The highest BCUT2D eigenvalue weighted by Crippen LogP contribution is 2.28. The largest absolute Gasteiger partial charge is 0.497 e. The van der Waals surface area contributed by atoms with Crippen LogP contribution in [-0.4, -0.2) is 26.2 Å². The van der Waals surface area contributed by atoms with Crippen molar-refractivity contribution in [3.8, 4) is 11.5 Å². The van der Waals surface area contributed by atoms with E-state index in [0.29, 0.717) is 6.42 Å². The summed E-state index contributed by atoms with van der Waals surface area (Å²) in [4.78, 5) is 12.9. The first-order valence-corrected chi connectivity index (χ1v) is 10.7. The highest BCUT2D eigenvalue weighted by Gasteiger charge is 2.19. The number of carbonyl (C=O) groups is 1. The summed E-state index contributed by atoms with van der Waals surface area (Å²) < 4.78 is 10.7. The fraction of sp³-hybridized carbons (Fsp3) is 0.296. The van der Waals surface area contributed by atoms with Crippen molar-refractivity contribution >= 4 is 5.91 Å². The van der Waals surface area contributed by atoms with Crippen molar-refractivity contribution in [1.82, 2.24) is 5.32 Å². The highest BCUT2D eigenvalue weighted by atomic mass is 16.5. The average molecular weight is 418 g/mol. The van der Waals surface area contributed by atoms with Gasteiger partial charge in [0.15, 0.2) is 0 Å². The smallest absolute Gasteiger partial charge is 0.221 e. The maximum absolute atomic E-state index is 12.9. The molecule has 0 unspecified atom stereocenters. The molecule has 4 heteroatoms. The summed E-state index contributed by atoms with van der Waals surface area (Å²) in [5.41, 5.74) is 3.41. The Bertz CT molecular complexity index is 917. The summed E-state index contributed by atoms with van der Waals surface area (Å²) >= 11 is 0. The molecule has 1 atom stereocenters. The zero-order valence-electron chi connectivity index (χ0n) is 18.5. The van der Waals surface area contributed by atoms with Crippen LogP contribution >= 0.6 is 0 Å². The lowest BCUT2D eigenvalue weighted by Crippen LogP contribution is -2.33. The molecule has 0 saturated heterocycles. The van der Waals surface area contributed by atoms with Crippen LogP contribution in [0, 0.1) is 0 Å². The molecule has 4 nitrogen and oxygen atoms in total. The number of rotatable bonds is 10. The Morgan fingerprint density at radius 2 is 1.48 bits per heavy atom. The topological polar surface area (TPSA) is 47.6 Å². The van der Waals surface area contributed by atoms with E-state index in [4.69, 9.17) is 9.47 Å². The van der Waals surface area contributed by atoms with Crippen molar-refractivity contribution in [3.63, 3.8) is 0 Å². The predicted molar refractivity (Wildman–Crippen MR) is 125 cm³/mol. The molecule has 3 aromatic carbocycles. The second-order valence-corrected chi connectivity index (χ2v) is 7.76. The van der Waals surface area contributed by atoms with Crippen molar-refractivity contribution < 1.29 is 14.3 Å². The summed E-state index contributed by atoms with van der Waals surface area (Å²) in [6.07, 6.45) is 2.06. The average Bonchev–Trinajstić information content (AvgIpc) is 2.82. The van der Waals surface area contributed by atoms with E-state index in [2.05, 4.69) is 29.6 Å². The molecular formula is C27H31NO3. The van der Waals surface area contributed by atoms with Crippen LogP contribution in [0.3, 0.4) is 0 Å². The fourth-order valence-corrected chi connectivity index (χ4v) is 3.82. The summed E-state index contributed by atoms with van der Waals surface area (Å²) in [7, 11) is 3.31. The van der Waals surface area contributed by atoms with Gasteiger partial charge in [0.2, 0.25) is 5.91 Å². The molecule has 0 radical (unpaired) electrons. The zero-order chi connectivity index (χ0) is 22.1. The number of ether oxygens (including phenoxy) is 2. The SMILES string of the molecule is COc1ccc(CC[C@H](C)NC(=O)CC(c2ccccc2)c2ccccc2)c(OC)c1. The minimum absolute atomic E-state index is 0.0382. The van der Waals surface area contributed by atoms with Gasteiger partial charge in [-0.25, -0.2) is 0 Å². The van der Waals surface area contributed by atoms with E-state index in [0.717, 1.165) is 41.0 Å². The minimum Gasteiger partial charge on any atom is -0.497 e. The maximum atomic E-state index is 12.9. The highest BCUT2D eigenvalue weighted by molar-refractivity contribution is 5.77. The van der Waals surface area contributed by atoms with Crippen molar-refractivity contribution in [1.29, 1.82) is 0 Å². The van der Waals surface area contributed by atoms with Gasteiger partial charge < -0.3 is 14.8 Å². The van der Waals surface area contributed by atoms with Gasteiger partial charge in [-0.1, -0.05) is 66.7 Å². The van der Waals surface area contributed by atoms with Gasteiger partial charge in [-0.05, 0) is 42.5 Å². The minimum atomic E-state index is 0.0382. The van der Waals surface area contributed by atoms with Gasteiger partial charge >= 0.3 is 0 Å². The van der Waals surface area contributed by atoms with Crippen molar-refractivity contribution in [2.24, 2.45) is 0 Å².